The molecule has 2 aromatic rings. The van der Waals surface area contributed by atoms with Gasteiger partial charge in [-0.1, -0.05) is 6.92 Å². The molecule has 1 aliphatic rings. The van der Waals surface area contributed by atoms with Gasteiger partial charge in [0.1, 0.15) is 17.2 Å². The zero-order valence-electron chi connectivity index (χ0n) is 10.5. The number of Topliss-reactive ketones (excluding diaryl/α,β-unsaturated/α-hetero) is 1. The molecule has 1 atom stereocenters. The van der Waals surface area contributed by atoms with Crippen molar-refractivity contribution in [3.8, 4) is 17.2 Å². The number of hydrogen-bond acceptors (Lipinski definition) is 4. The van der Waals surface area contributed by atoms with Gasteiger partial charge in [-0.25, -0.2) is 0 Å². The first-order chi connectivity index (χ1) is 8.97. The molecular formula is C15H14O4. The number of phenols is 3. The third-order valence-corrected chi connectivity index (χ3v) is 3.64. The van der Waals surface area contributed by atoms with Crippen LogP contribution in [0.4, 0.5) is 0 Å². The van der Waals surface area contributed by atoms with Crippen LogP contribution in [0.5, 0.6) is 17.2 Å². The standard InChI is InChI=1S/C15H14O4/c1-7-2-8-4-9-5-10(16)6-12(18)14(9)15(19)13(8)11(17)3-7/h4-7,16,18-19H,2-3H2,1H3/t7-/m1/s1. The van der Waals surface area contributed by atoms with Gasteiger partial charge in [0.15, 0.2) is 5.78 Å². The summed E-state index contributed by atoms with van der Waals surface area (Å²) < 4.78 is 0. The second kappa shape index (κ2) is 3.88. The lowest BCUT2D eigenvalue weighted by Gasteiger charge is -2.22. The molecule has 0 aromatic heterocycles. The Balaban J connectivity index is 2.40. The summed E-state index contributed by atoms with van der Waals surface area (Å²) in [6.45, 7) is 1.99. The molecule has 0 saturated heterocycles. The van der Waals surface area contributed by atoms with Crippen molar-refractivity contribution in [1.82, 2.24) is 0 Å². The largest absolute Gasteiger partial charge is 0.508 e. The van der Waals surface area contributed by atoms with Gasteiger partial charge in [-0.15, -0.1) is 0 Å². The molecule has 3 N–H and O–H groups in total. The maximum Gasteiger partial charge on any atom is 0.167 e. The van der Waals surface area contributed by atoms with Crippen LogP contribution in [0.2, 0.25) is 0 Å². The van der Waals surface area contributed by atoms with E-state index in [1.54, 1.807) is 6.07 Å². The fourth-order valence-electron chi connectivity index (χ4n) is 2.88. The number of rotatable bonds is 0. The molecule has 0 amide bonds. The number of phenolic OH excluding ortho intramolecular Hbond substituents is 3. The summed E-state index contributed by atoms with van der Waals surface area (Å²) in [5.41, 5.74) is 1.09. The molecule has 2 aromatic carbocycles. The summed E-state index contributed by atoms with van der Waals surface area (Å²) in [6, 6.07) is 4.39. The first-order valence-electron chi connectivity index (χ1n) is 6.21. The van der Waals surface area contributed by atoms with Crippen LogP contribution in [0.15, 0.2) is 18.2 Å². The first kappa shape index (κ1) is 11.8. The molecular weight excluding hydrogens is 244 g/mol. The van der Waals surface area contributed by atoms with E-state index >= 15 is 0 Å². The Bertz CT molecular complexity index is 703. The van der Waals surface area contributed by atoms with Crippen molar-refractivity contribution in [1.29, 1.82) is 0 Å². The van der Waals surface area contributed by atoms with Gasteiger partial charge < -0.3 is 15.3 Å². The zero-order chi connectivity index (χ0) is 13.7. The second-order valence-corrected chi connectivity index (χ2v) is 5.26. The lowest BCUT2D eigenvalue weighted by Crippen LogP contribution is -2.18. The van der Waals surface area contributed by atoms with E-state index < -0.39 is 0 Å². The van der Waals surface area contributed by atoms with Crippen LogP contribution in [0.3, 0.4) is 0 Å². The number of aromatic hydroxyl groups is 3. The van der Waals surface area contributed by atoms with Gasteiger partial charge in [0.05, 0.1) is 10.9 Å². The summed E-state index contributed by atoms with van der Waals surface area (Å²) in [7, 11) is 0. The van der Waals surface area contributed by atoms with Crippen molar-refractivity contribution >= 4 is 16.6 Å². The van der Waals surface area contributed by atoms with Gasteiger partial charge in [0.2, 0.25) is 0 Å². The zero-order valence-corrected chi connectivity index (χ0v) is 10.5. The molecule has 4 heteroatoms. The third kappa shape index (κ3) is 1.71. The Morgan fingerprint density at radius 2 is 1.84 bits per heavy atom. The van der Waals surface area contributed by atoms with E-state index in [1.165, 1.54) is 6.07 Å². The van der Waals surface area contributed by atoms with Gasteiger partial charge in [-0.2, -0.15) is 0 Å². The fraction of sp³-hybridized carbons (Fsp3) is 0.267. The first-order valence-corrected chi connectivity index (χ1v) is 6.21. The minimum Gasteiger partial charge on any atom is -0.508 e. The van der Waals surface area contributed by atoms with Crippen LogP contribution in [0.25, 0.3) is 10.8 Å². The van der Waals surface area contributed by atoms with E-state index in [0.717, 1.165) is 11.6 Å². The SMILES string of the molecule is C[C@H]1CC(=O)c2c(cc3cc(O)cc(O)c3c2O)C1. The Morgan fingerprint density at radius 3 is 2.58 bits per heavy atom. The smallest absolute Gasteiger partial charge is 0.167 e. The Morgan fingerprint density at radius 1 is 1.11 bits per heavy atom. The van der Waals surface area contributed by atoms with E-state index in [-0.39, 0.29) is 34.3 Å². The number of hydrogen-bond donors (Lipinski definition) is 3. The summed E-state index contributed by atoms with van der Waals surface area (Å²) >= 11 is 0. The molecule has 0 spiro atoms. The van der Waals surface area contributed by atoms with E-state index in [9.17, 15) is 20.1 Å². The molecule has 0 fully saturated rings. The normalized spacial score (nSPS) is 18.6. The number of carbonyl (C=O) groups is 1. The monoisotopic (exact) mass is 258 g/mol. The number of ketones is 1. The van der Waals surface area contributed by atoms with Gasteiger partial charge in [0.25, 0.3) is 0 Å². The topological polar surface area (TPSA) is 77.8 Å². The molecule has 4 nitrogen and oxygen atoms in total. The number of fused-ring (bicyclic) bond motifs is 2. The highest BCUT2D eigenvalue weighted by molar-refractivity contribution is 6.08. The van der Waals surface area contributed by atoms with Gasteiger partial charge >= 0.3 is 0 Å². The molecule has 0 bridgehead atoms. The fourth-order valence-corrected chi connectivity index (χ4v) is 2.88. The van der Waals surface area contributed by atoms with Gasteiger partial charge in [-0.05, 0) is 35.4 Å². The summed E-state index contributed by atoms with van der Waals surface area (Å²) in [4.78, 5) is 12.0. The molecule has 0 saturated carbocycles. The quantitative estimate of drug-likeness (QED) is 0.679. The second-order valence-electron chi connectivity index (χ2n) is 5.26. The van der Waals surface area contributed by atoms with E-state index in [2.05, 4.69) is 0 Å². The minimum absolute atomic E-state index is 0.0699. The van der Waals surface area contributed by atoms with Crippen LogP contribution in [0, 0.1) is 5.92 Å². The number of carbonyl (C=O) groups excluding carboxylic acids is 1. The summed E-state index contributed by atoms with van der Waals surface area (Å²) in [5.74, 6) is -0.327. The molecule has 0 aliphatic heterocycles. The van der Waals surface area contributed by atoms with Gasteiger partial charge in [-0.3, -0.25) is 4.79 Å². The Hall–Kier alpha value is -2.23. The molecule has 1 aliphatic carbocycles. The maximum absolute atomic E-state index is 12.0. The minimum atomic E-state index is -0.221. The van der Waals surface area contributed by atoms with E-state index in [4.69, 9.17) is 0 Å². The van der Waals surface area contributed by atoms with Crippen molar-refractivity contribution < 1.29 is 20.1 Å². The van der Waals surface area contributed by atoms with Crippen LogP contribution < -0.4 is 0 Å². The highest BCUT2D eigenvalue weighted by atomic mass is 16.3. The lowest BCUT2D eigenvalue weighted by atomic mass is 9.82. The maximum atomic E-state index is 12.0. The van der Waals surface area contributed by atoms with Crippen molar-refractivity contribution in [2.45, 2.75) is 19.8 Å². The Kier molecular flexibility index (Phi) is 2.42. The average Bonchev–Trinajstić information content (AvgIpc) is 2.25. The van der Waals surface area contributed by atoms with Crippen LogP contribution in [-0.4, -0.2) is 21.1 Å². The van der Waals surface area contributed by atoms with Crippen LogP contribution in [0.1, 0.15) is 29.3 Å². The summed E-state index contributed by atoms with van der Waals surface area (Å²) in [5, 5.41) is 30.4. The van der Waals surface area contributed by atoms with E-state index in [0.29, 0.717) is 23.8 Å². The van der Waals surface area contributed by atoms with Crippen molar-refractivity contribution in [2.24, 2.45) is 5.92 Å². The average molecular weight is 258 g/mol. The predicted molar refractivity (Wildman–Crippen MR) is 70.8 cm³/mol. The Labute approximate surface area is 109 Å². The van der Waals surface area contributed by atoms with Crippen LogP contribution in [-0.2, 0) is 6.42 Å². The highest BCUT2D eigenvalue weighted by Crippen LogP contribution is 2.42. The lowest BCUT2D eigenvalue weighted by molar-refractivity contribution is 0.0950. The predicted octanol–water partition coefficient (Wildman–Crippen LogP) is 2.72. The molecule has 0 heterocycles. The molecule has 98 valence electrons. The number of benzene rings is 2. The molecule has 19 heavy (non-hydrogen) atoms. The van der Waals surface area contributed by atoms with Crippen molar-refractivity contribution in [3.05, 3.63) is 29.3 Å². The van der Waals surface area contributed by atoms with Crippen LogP contribution >= 0.6 is 0 Å². The highest BCUT2D eigenvalue weighted by Gasteiger charge is 2.27. The molecule has 0 radical (unpaired) electrons. The summed E-state index contributed by atoms with van der Waals surface area (Å²) in [6.07, 6.45) is 1.12. The third-order valence-electron chi connectivity index (χ3n) is 3.64. The van der Waals surface area contributed by atoms with Crippen molar-refractivity contribution in [2.75, 3.05) is 0 Å². The molecule has 3 rings (SSSR count). The van der Waals surface area contributed by atoms with E-state index in [1.807, 2.05) is 6.92 Å². The van der Waals surface area contributed by atoms with Crippen molar-refractivity contribution in [3.63, 3.8) is 0 Å². The van der Waals surface area contributed by atoms with Gasteiger partial charge in [0, 0.05) is 12.5 Å². The molecule has 0 unspecified atom stereocenters.